The fraction of sp³-hybridized carbons (Fsp3) is 0.346. The summed E-state index contributed by atoms with van der Waals surface area (Å²) >= 11 is 0. The number of rotatable bonds is 5. The molecule has 0 aliphatic carbocycles. The Morgan fingerprint density at radius 2 is 1.70 bits per heavy atom. The second-order valence-corrected chi connectivity index (χ2v) is 9.20. The van der Waals surface area contributed by atoms with Crippen LogP contribution < -0.4 is 16.1 Å². The number of fused-ring (bicyclic) bond motifs is 3. The van der Waals surface area contributed by atoms with E-state index in [1.54, 1.807) is 7.05 Å². The maximum absolute atomic E-state index is 13.6. The molecule has 1 atom stereocenters. The zero-order valence-corrected chi connectivity index (χ0v) is 19.4. The van der Waals surface area contributed by atoms with Crippen molar-refractivity contribution in [3.05, 3.63) is 92.1 Å². The lowest BCUT2D eigenvalue weighted by Crippen LogP contribution is -2.41. The van der Waals surface area contributed by atoms with Gasteiger partial charge in [-0.3, -0.25) is 13.9 Å². The van der Waals surface area contributed by atoms with Crippen molar-refractivity contribution in [2.24, 2.45) is 13.0 Å². The third kappa shape index (κ3) is 3.88. The van der Waals surface area contributed by atoms with Gasteiger partial charge in [0.05, 0.1) is 6.54 Å². The highest BCUT2D eigenvalue weighted by Crippen LogP contribution is 2.27. The molecule has 2 aromatic heterocycles. The number of aromatic nitrogens is 4. The predicted molar refractivity (Wildman–Crippen MR) is 131 cm³/mol. The Morgan fingerprint density at radius 3 is 2.42 bits per heavy atom. The number of hydrogen-bond acceptors (Lipinski definition) is 4. The number of aryl methyl sites for hydroxylation is 2. The molecule has 2 aromatic carbocycles. The molecule has 1 aliphatic rings. The third-order valence-electron chi connectivity index (χ3n) is 6.50. The lowest BCUT2D eigenvalue weighted by molar-refractivity contribution is 0.437. The van der Waals surface area contributed by atoms with E-state index in [1.807, 2.05) is 41.8 Å². The van der Waals surface area contributed by atoms with Crippen LogP contribution in [-0.4, -0.2) is 31.8 Å². The topological polar surface area (TPSA) is 65.1 Å². The molecule has 0 bridgehead atoms. The molecule has 0 saturated heterocycles. The van der Waals surface area contributed by atoms with E-state index in [9.17, 15) is 9.59 Å². The van der Waals surface area contributed by atoms with Crippen LogP contribution in [0.15, 0.2) is 64.2 Å². The molecule has 0 N–H and O–H groups in total. The van der Waals surface area contributed by atoms with Crippen LogP contribution in [0.5, 0.6) is 0 Å². The highest BCUT2D eigenvalue weighted by molar-refractivity contribution is 5.75. The second kappa shape index (κ2) is 8.39. The fourth-order valence-corrected chi connectivity index (χ4v) is 4.72. The lowest BCUT2D eigenvalue weighted by Gasteiger charge is -2.33. The van der Waals surface area contributed by atoms with E-state index in [0.717, 1.165) is 36.6 Å². The van der Waals surface area contributed by atoms with Crippen LogP contribution in [-0.2, 0) is 26.6 Å². The molecule has 1 aliphatic heterocycles. The van der Waals surface area contributed by atoms with Crippen molar-refractivity contribution in [1.29, 1.82) is 0 Å². The van der Waals surface area contributed by atoms with Gasteiger partial charge >= 0.3 is 5.69 Å². The quantitative estimate of drug-likeness (QED) is 0.476. The number of benzene rings is 2. The summed E-state index contributed by atoms with van der Waals surface area (Å²) in [6, 6.07) is 18.3. The minimum Gasteiger partial charge on any atom is -0.342 e. The molecular formula is C26H29N5O2. The van der Waals surface area contributed by atoms with Gasteiger partial charge in [0.2, 0.25) is 5.95 Å². The van der Waals surface area contributed by atoms with Gasteiger partial charge in [-0.15, -0.1) is 0 Å². The van der Waals surface area contributed by atoms with Gasteiger partial charge in [-0.25, -0.2) is 4.79 Å². The van der Waals surface area contributed by atoms with Crippen LogP contribution in [0.25, 0.3) is 11.2 Å². The lowest BCUT2D eigenvalue weighted by atomic mass is 10.1. The van der Waals surface area contributed by atoms with Crippen LogP contribution in [0, 0.1) is 12.8 Å². The van der Waals surface area contributed by atoms with E-state index in [1.165, 1.54) is 14.7 Å². The summed E-state index contributed by atoms with van der Waals surface area (Å²) in [4.78, 5) is 33.7. The monoisotopic (exact) mass is 443 g/mol. The van der Waals surface area contributed by atoms with E-state index in [0.29, 0.717) is 23.6 Å². The summed E-state index contributed by atoms with van der Waals surface area (Å²) in [5, 5.41) is 0. The molecule has 1 unspecified atom stereocenters. The van der Waals surface area contributed by atoms with Crippen molar-refractivity contribution in [3.8, 4) is 0 Å². The Balaban J connectivity index is 1.58. The highest BCUT2D eigenvalue weighted by Gasteiger charge is 2.28. The first-order valence-corrected chi connectivity index (χ1v) is 11.5. The number of anilines is 1. The second-order valence-electron chi connectivity index (χ2n) is 9.20. The van der Waals surface area contributed by atoms with Crippen LogP contribution in [0.3, 0.4) is 0 Å². The molecule has 5 rings (SSSR count). The molecule has 0 fully saturated rings. The Labute approximate surface area is 192 Å². The van der Waals surface area contributed by atoms with Gasteiger partial charge in [-0.1, -0.05) is 67.1 Å². The van der Waals surface area contributed by atoms with Crippen LogP contribution in [0.2, 0.25) is 0 Å². The first-order valence-electron chi connectivity index (χ1n) is 11.5. The normalized spacial score (nSPS) is 15.7. The number of nitrogens with zero attached hydrogens (tertiary/aromatic N) is 5. The molecule has 170 valence electrons. The van der Waals surface area contributed by atoms with Crippen LogP contribution in [0.4, 0.5) is 5.95 Å². The molecule has 0 saturated carbocycles. The molecule has 0 amide bonds. The highest BCUT2D eigenvalue weighted by atomic mass is 16.2. The van der Waals surface area contributed by atoms with Gasteiger partial charge in [0.1, 0.15) is 0 Å². The minimum atomic E-state index is -0.340. The average molecular weight is 444 g/mol. The van der Waals surface area contributed by atoms with E-state index in [-0.39, 0.29) is 17.8 Å². The zero-order valence-electron chi connectivity index (χ0n) is 19.4. The zero-order chi connectivity index (χ0) is 23.1. The third-order valence-corrected chi connectivity index (χ3v) is 6.50. The van der Waals surface area contributed by atoms with Crippen molar-refractivity contribution >= 4 is 17.1 Å². The standard InChI is InChI=1S/C26H29N5O2/c1-18-9-11-21(12-10-18)17-31-24(32)22-23(28(3)26(31)33)27-25-29(15-19(2)16-30(22)25)14-13-20-7-5-4-6-8-20/h4-12,19H,13-17H2,1-3H3. The Kier molecular flexibility index (Phi) is 5.40. The number of hydrogen-bond donors (Lipinski definition) is 0. The van der Waals surface area contributed by atoms with Crippen molar-refractivity contribution in [2.75, 3.05) is 18.0 Å². The van der Waals surface area contributed by atoms with Gasteiger partial charge in [0.15, 0.2) is 11.2 Å². The smallest absolute Gasteiger partial charge is 0.332 e. The van der Waals surface area contributed by atoms with Gasteiger partial charge in [-0.2, -0.15) is 4.98 Å². The summed E-state index contributed by atoms with van der Waals surface area (Å²) in [7, 11) is 1.70. The fourth-order valence-electron chi connectivity index (χ4n) is 4.72. The van der Waals surface area contributed by atoms with Crippen molar-refractivity contribution in [2.45, 2.75) is 33.4 Å². The van der Waals surface area contributed by atoms with Crippen molar-refractivity contribution in [1.82, 2.24) is 18.7 Å². The first kappa shape index (κ1) is 21.2. The van der Waals surface area contributed by atoms with Gasteiger partial charge in [0, 0.05) is 26.7 Å². The summed E-state index contributed by atoms with van der Waals surface area (Å²) < 4.78 is 4.85. The Morgan fingerprint density at radius 1 is 0.970 bits per heavy atom. The summed E-state index contributed by atoms with van der Waals surface area (Å²) in [6.07, 6.45) is 0.896. The predicted octanol–water partition coefficient (Wildman–Crippen LogP) is 2.95. The summed E-state index contributed by atoms with van der Waals surface area (Å²) in [5.74, 6) is 1.15. The average Bonchev–Trinajstić information content (AvgIpc) is 3.20. The van der Waals surface area contributed by atoms with Crippen LogP contribution >= 0.6 is 0 Å². The van der Waals surface area contributed by atoms with Gasteiger partial charge in [-0.05, 0) is 30.4 Å². The van der Waals surface area contributed by atoms with E-state index >= 15 is 0 Å². The molecule has 7 nitrogen and oxygen atoms in total. The van der Waals surface area contributed by atoms with Gasteiger partial charge in [0.25, 0.3) is 5.56 Å². The minimum absolute atomic E-state index is 0.246. The molecule has 7 heteroatoms. The molecule has 33 heavy (non-hydrogen) atoms. The van der Waals surface area contributed by atoms with Gasteiger partial charge < -0.3 is 9.47 Å². The SMILES string of the molecule is Cc1ccc(Cn2c(=O)c3c(nc4n3CC(C)CN4CCc3ccccc3)n(C)c2=O)cc1. The van der Waals surface area contributed by atoms with Crippen LogP contribution in [0.1, 0.15) is 23.6 Å². The molecule has 0 radical (unpaired) electrons. The van der Waals surface area contributed by atoms with E-state index in [2.05, 4.69) is 36.1 Å². The number of imidazole rings is 1. The molecule has 3 heterocycles. The summed E-state index contributed by atoms with van der Waals surface area (Å²) in [5.41, 5.74) is 3.69. The van der Waals surface area contributed by atoms with E-state index in [4.69, 9.17) is 4.98 Å². The van der Waals surface area contributed by atoms with E-state index < -0.39 is 0 Å². The summed E-state index contributed by atoms with van der Waals surface area (Å²) in [6.45, 7) is 6.85. The first-order chi connectivity index (χ1) is 15.9. The van der Waals surface area contributed by atoms with Crippen molar-refractivity contribution in [3.63, 3.8) is 0 Å². The molecule has 0 spiro atoms. The van der Waals surface area contributed by atoms with Crippen molar-refractivity contribution < 1.29 is 0 Å². The Bertz CT molecular complexity index is 1410. The maximum Gasteiger partial charge on any atom is 0.332 e. The molecule has 4 aromatic rings. The molecular weight excluding hydrogens is 414 g/mol. The Hall–Kier alpha value is -3.61. The largest absolute Gasteiger partial charge is 0.342 e. The maximum atomic E-state index is 13.6.